The first-order valence-electron chi connectivity index (χ1n) is 8.27. The van der Waals surface area contributed by atoms with E-state index >= 15 is 0 Å². The van der Waals surface area contributed by atoms with E-state index in [0.717, 1.165) is 41.5 Å². The Kier molecular flexibility index (Phi) is 3.07. The van der Waals surface area contributed by atoms with E-state index in [1.165, 1.54) is 25.7 Å². The summed E-state index contributed by atoms with van der Waals surface area (Å²) >= 11 is 0. The Morgan fingerprint density at radius 1 is 1.24 bits per heavy atom. The summed E-state index contributed by atoms with van der Waals surface area (Å²) < 4.78 is 2.15. The van der Waals surface area contributed by atoms with Gasteiger partial charge < -0.3 is 9.67 Å². The Bertz CT molecular complexity index is 658. The SMILES string of the molecule is Cn1c(CC2(O)CCCC(C3CC3)C2)nc2ccccc21. The van der Waals surface area contributed by atoms with Crippen molar-refractivity contribution in [3.05, 3.63) is 30.1 Å². The maximum atomic E-state index is 11.1. The molecule has 0 radical (unpaired) electrons. The Morgan fingerprint density at radius 2 is 2.05 bits per heavy atom. The van der Waals surface area contributed by atoms with Gasteiger partial charge in [0.05, 0.1) is 16.6 Å². The van der Waals surface area contributed by atoms with Crippen molar-refractivity contribution in [3.8, 4) is 0 Å². The molecule has 2 aromatic rings. The quantitative estimate of drug-likeness (QED) is 0.937. The van der Waals surface area contributed by atoms with Crippen LogP contribution in [0.2, 0.25) is 0 Å². The predicted octanol–water partition coefficient (Wildman–Crippen LogP) is 3.45. The van der Waals surface area contributed by atoms with Crippen LogP contribution in [0.4, 0.5) is 0 Å². The van der Waals surface area contributed by atoms with Gasteiger partial charge in [-0.3, -0.25) is 0 Å². The summed E-state index contributed by atoms with van der Waals surface area (Å²) in [4.78, 5) is 4.74. The van der Waals surface area contributed by atoms with Crippen LogP contribution < -0.4 is 0 Å². The molecule has 0 amide bonds. The van der Waals surface area contributed by atoms with Gasteiger partial charge in [0.15, 0.2) is 0 Å². The second-order valence-corrected chi connectivity index (χ2v) is 7.17. The van der Waals surface area contributed by atoms with Crippen LogP contribution in [0.5, 0.6) is 0 Å². The van der Waals surface area contributed by atoms with Gasteiger partial charge in [0, 0.05) is 13.5 Å². The minimum atomic E-state index is -0.541. The molecule has 1 heterocycles. The Morgan fingerprint density at radius 3 is 2.81 bits per heavy atom. The minimum absolute atomic E-state index is 0.541. The number of para-hydroxylation sites is 2. The topological polar surface area (TPSA) is 38.0 Å². The van der Waals surface area contributed by atoms with Crippen molar-refractivity contribution in [2.45, 2.75) is 50.5 Å². The average Bonchev–Trinajstić information content (AvgIpc) is 3.27. The van der Waals surface area contributed by atoms with Gasteiger partial charge in [0.1, 0.15) is 5.82 Å². The zero-order chi connectivity index (χ0) is 14.4. The highest BCUT2D eigenvalue weighted by Crippen LogP contribution is 2.47. The van der Waals surface area contributed by atoms with Crippen LogP contribution in [0, 0.1) is 11.8 Å². The molecular weight excluding hydrogens is 260 g/mol. The molecular formula is C18H24N2O. The third-order valence-corrected chi connectivity index (χ3v) is 5.51. The summed E-state index contributed by atoms with van der Waals surface area (Å²) in [5.41, 5.74) is 1.65. The number of hydrogen-bond donors (Lipinski definition) is 1. The fraction of sp³-hybridized carbons (Fsp3) is 0.611. The van der Waals surface area contributed by atoms with E-state index in [2.05, 4.69) is 23.7 Å². The fourth-order valence-electron chi connectivity index (χ4n) is 4.16. The summed E-state index contributed by atoms with van der Waals surface area (Å²) in [6.45, 7) is 0. The molecule has 2 aliphatic carbocycles. The van der Waals surface area contributed by atoms with Gasteiger partial charge in [0.2, 0.25) is 0 Å². The largest absolute Gasteiger partial charge is 0.389 e. The number of rotatable bonds is 3. The number of fused-ring (bicyclic) bond motifs is 1. The van der Waals surface area contributed by atoms with E-state index in [-0.39, 0.29) is 0 Å². The van der Waals surface area contributed by atoms with E-state index in [1.807, 2.05) is 12.1 Å². The summed E-state index contributed by atoms with van der Waals surface area (Å²) in [6.07, 6.45) is 7.85. The average molecular weight is 284 g/mol. The van der Waals surface area contributed by atoms with Crippen molar-refractivity contribution < 1.29 is 5.11 Å². The van der Waals surface area contributed by atoms with Crippen molar-refractivity contribution >= 4 is 11.0 Å². The monoisotopic (exact) mass is 284 g/mol. The van der Waals surface area contributed by atoms with E-state index in [0.29, 0.717) is 6.42 Å². The molecule has 3 nitrogen and oxygen atoms in total. The third-order valence-electron chi connectivity index (χ3n) is 5.51. The van der Waals surface area contributed by atoms with Crippen LogP contribution in [0.3, 0.4) is 0 Å². The summed E-state index contributed by atoms with van der Waals surface area (Å²) in [7, 11) is 2.06. The number of aliphatic hydroxyl groups is 1. The molecule has 1 N–H and O–H groups in total. The lowest BCUT2D eigenvalue weighted by molar-refractivity contribution is -0.0214. The summed E-state index contributed by atoms with van der Waals surface area (Å²) in [5, 5.41) is 11.1. The fourth-order valence-corrected chi connectivity index (χ4v) is 4.16. The highest BCUT2D eigenvalue weighted by molar-refractivity contribution is 5.75. The molecule has 3 heteroatoms. The minimum Gasteiger partial charge on any atom is -0.389 e. The number of nitrogens with zero attached hydrogens (tertiary/aromatic N) is 2. The van der Waals surface area contributed by atoms with Crippen molar-refractivity contribution in [2.75, 3.05) is 0 Å². The molecule has 4 rings (SSSR count). The van der Waals surface area contributed by atoms with Crippen LogP contribution in [0.15, 0.2) is 24.3 Å². The maximum absolute atomic E-state index is 11.1. The number of imidazole rings is 1. The lowest BCUT2D eigenvalue weighted by Gasteiger charge is -2.37. The van der Waals surface area contributed by atoms with Gasteiger partial charge in [-0.2, -0.15) is 0 Å². The zero-order valence-electron chi connectivity index (χ0n) is 12.8. The Balaban J connectivity index is 1.59. The smallest absolute Gasteiger partial charge is 0.112 e. The molecule has 2 saturated carbocycles. The number of aromatic nitrogens is 2. The molecule has 1 aromatic carbocycles. The van der Waals surface area contributed by atoms with E-state index in [9.17, 15) is 5.11 Å². The van der Waals surface area contributed by atoms with Gasteiger partial charge in [-0.25, -0.2) is 4.98 Å². The molecule has 112 valence electrons. The van der Waals surface area contributed by atoms with Gasteiger partial charge in [0.25, 0.3) is 0 Å². The molecule has 0 spiro atoms. The van der Waals surface area contributed by atoms with Gasteiger partial charge >= 0.3 is 0 Å². The van der Waals surface area contributed by atoms with Crippen LogP contribution in [-0.2, 0) is 13.5 Å². The van der Waals surface area contributed by atoms with Gasteiger partial charge in [-0.15, -0.1) is 0 Å². The first-order valence-corrected chi connectivity index (χ1v) is 8.27. The van der Waals surface area contributed by atoms with Crippen molar-refractivity contribution in [3.63, 3.8) is 0 Å². The third kappa shape index (κ3) is 2.48. The lowest BCUT2D eigenvalue weighted by Crippen LogP contribution is -2.38. The molecule has 1 aromatic heterocycles. The van der Waals surface area contributed by atoms with Gasteiger partial charge in [-0.05, 0) is 56.1 Å². The first-order chi connectivity index (χ1) is 10.1. The Hall–Kier alpha value is -1.35. The van der Waals surface area contributed by atoms with Crippen molar-refractivity contribution in [2.24, 2.45) is 18.9 Å². The van der Waals surface area contributed by atoms with Crippen LogP contribution in [0.1, 0.15) is 44.3 Å². The van der Waals surface area contributed by atoms with E-state index < -0.39 is 5.60 Å². The predicted molar refractivity (Wildman–Crippen MR) is 84.0 cm³/mol. The molecule has 21 heavy (non-hydrogen) atoms. The van der Waals surface area contributed by atoms with Crippen LogP contribution in [0.25, 0.3) is 11.0 Å². The highest BCUT2D eigenvalue weighted by Gasteiger charge is 2.41. The standard InChI is InChI=1S/C18H24N2O/c1-20-16-7-3-2-6-15(16)19-17(20)12-18(21)10-4-5-14(11-18)13-8-9-13/h2-3,6-7,13-14,21H,4-5,8-12H2,1H3. The second-order valence-electron chi connectivity index (χ2n) is 7.17. The van der Waals surface area contributed by atoms with Gasteiger partial charge in [-0.1, -0.05) is 18.6 Å². The highest BCUT2D eigenvalue weighted by atomic mass is 16.3. The molecule has 0 saturated heterocycles. The summed E-state index contributed by atoms with van der Waals surface area (Å²) in [6, 6.07) is 8.23. The maximum Gasteiger partial charge on any atom is 0.112 e. The van der Waals surface area contributed by atoms with Crippen LogP contribution >= 0.6 is 0 Å². The molecule has 2 unspecified atom stereocenters. The number of hydrogen-bond acceptors (Lipinski definition) is 2. The normalized spacial score (nSPS) is 29.9. The Labute approximate surface area is 126 Å². The van der Waals surface area contributed by atoms with E-state index in [4.69, 9.17) is 4.98 Å². The molecule has 0 aliphatic heterocycles. The number of aryl methyl sites for hydroxylation is 1. The van der Waals surface area contributed by atoms with E-state index in [1.54, 1.807) is 0 Å². The van der Waals surface area contributed by atoms with Crippen molar-refractivity contribution in [1.29, 1.82) is 0 Å². The lowest BCUT2D eigenvalue weighted by atomic mass is 9.74. The molecule has 2 fully saturated rings. The van der Waals surface area contributed by atoms with Crippen LogP contribution in [-0.4, -0.2) is 20.3 Å². The van der Waals surface area contributed by atoms with Crippen molar-refractivity contribution in [1.82, 2.24) is 9.55 Å². The second kappa shape index (κ2) is 4.84. The molecule has 2 atom stereocenters. The molecule has 0 bridgehead atoms. The first kappa shape index (κ1) is 13.3. The summed E-state index contributed by atoms with van der Waals surface area (Å²) in [5.74, 6) is 2.67. The number of benzene rings is 1. The zero-order valence-corrected chi connectivity index (χ0v) is 12.8. The molecule has 2 aliphatic rings.